The van der Waals surface area contributed by atoms with E-state index in [1.807, 2.05) is 11.8 Å². The quantitative estimate of drug-likeness (QED) is 0.827. The number of nitrogens with zero attached hydrogens (tertiary/aromatic N) is 1. The highest BCUT2D eigenvalue weighted by Gasteiger charge is 2.51. The highest BCUT2D eigenvalue weighted by Crippen LogP contribution is 2.41. The summed E-state index contributed by atoms with van der Waals surface area (Å²) in [5.74, 6) is 0.476. The fraction of sp³-hybridized carbons (Fsp3) is 0.857. The molecule has 0 aromatic rings. The van der Waals surface area contributed by atoms with Crippen LogP contribution in [0.2, 0.25) is 0 Å². The molecular formula is C14H24N2O2. The number of rotatable bonds is 4. The van der Waals surface area contributed by atoms with Gasteiger partial charge in [0, 0.05) is 19.0 Å². The third-order valence-corrected chi connectivity index (χ3v) is 4.32. The van der Waals surface area contributed by atoms with Crippen LogP contribution in [0.15, 0.2) is 0 Å². The minimum atomic E-state index is -0.657. The van der Waals surface area contributed by atoms with Crippen LogP contribution >= 0.6 is 0 Å². The van der Waals surface area contributed by atoms with Gasteiger partial charge in [-0.25, -0.2) is 0 Å². The summed E-state index contributed by atoms with van der Waals surface area (Å²) >= 11 is 0. The first-order valence-corrected chi connectivity index (χ1v) is 7.11. The molecule has 4 heteroatoms. The van der Waals surface area contributed by atoms with Crippen LogP contribution in [0.4, 0.5) is 0 Å². The maximum atomic E-state index is 12.7. The Morgan fingerprint density at radius 1 is 1.44 bits per heavy atom. The number of hydrogen-bond acceptors (Lipinski definition) is 2. The van der Waals surface area contributed by atoms with Crippen LogP contribution in [0, 0.1) is 5.92 Å². The maximum Gasteiger partial charge on any atom is 0.248 e. The van der Waals surface area contributed by atoms with Crippen molar-refractivity contribution >= 4 is 11.8 Å². The Morgan fingerprint density at radius 2 is 2.11 bits per heavy atom. The van der Waals surface area contributed by atoms with E-state index < -0.39 is 5.54 Å². The summed E-state index contributed by atoms with van der Waals surface area (Å²) < 4.78 is 0. The van der Waals surface area contributed by atoms with Gasteiger partial charge in [-0.3, -0.25) is 9.59 Å². The zero-order chi connectivity index (χ0) is 13.3. The van der Waals surface area contributed by atoms with Crippen LogP contribution in [-0.2, 0) is 9.59 Å². The van der Waals surface area contributed by atoms with Gasteiger partial charge >= 0.3 is 0 Å². The molecule has 2 fully saturated rings. The van der Waals surface area contributed by atoms with Gasteiger partial charge in [0.25, 0.3) is 0 Å². The molecule has 0 aromatic heterocycles. The lowest BCUT2D eigenvalue weighted by molar-refractivity contribution is -0.141. The van der Waals surface area contributed by atoms with Gasteiger partial charge in [-0.1, -0.05) is 13.3 Å². The molecule has 1 aliphatic carbocycles. The monoisotopic (exact) mass is 252 g/mol. The lowest BCUT2D eigenvalue weighted by Gasteiger charge is -2.35. The highest BCUT2D eigenvalue weighted by molar-refractivity contribution is 5.94. The summed E-state index contributed by atoms with van der Waals surface area (Å²) in [6.07, 6.45) is 4.60. The van der Waals surface area contributed by atoms with Gasteiger partial charge in [-0.05, 0) is 39.0 Å². The maximum absolute atomic E-state index is 12.7. The van der Waals surface area contributed by atoms with Crippen LogP contribution in [-0.4, -0.2) is 34.8 Å². The Bertz CT molecular complexity index is 352. The molecule has 1 saturated carbocycles. The molecule has 2 atom stereocenters. The van der Waals surface area contributed by atoms with Gasteiger partial charge in [-0.15, -0.1) is 0 Å². The van der Waals surface area contributed by atoms with Crippen LogP contribution in [0.5, 0.6) is 0 Å². The molecule has 2 aliphatic rings. The number of amides is 2. The SMILES string of the molecule is CCCC(C)N1CCC(=O)NC(C)(C2CC2)C1=O. The van der Waals surface area contributed by atoms with Crippen molar-refractivity contribution in [3.63, 3.8) is 0 Å². The average Bonchev–Trinajstić information content (AvgIpc) is 3.12. The topological polar surface area (TPSA) is 49.4 Å². The van der Waals surface area contributed by atoms with Gasteiger partial charge in [-0.2, -0.15) is 0 Å². The predicted molar refractivity (Wildman–Crippen MR) is 70.0 cm³/mol. The molecule has 1 N–H and O–H groups in total. The molecule has 4 nitrogen and oxygen atoms in total. The Hall–Kier alpha value is -1.06. The van der Waals surface area contributed by atoms with E-state index in [1.54, 1.807) is 0 Å². The molecule has 1 saturated heterocycles. The first-order valence-electron chi connectivity index (χ1n) is 7.11. The summed E-state index contributed by atoms with van der Waals surface area (Å²) in [5.41, 5.74) is -0.657. The summed E-state index contributed by atoms with van der Waals surface area (Å²) in [6, 6.07) is 0.230. The van der Waals surface area contributed by atoms with Gasteiger partial charge in [0.2, 0.25) is 11.8 Å². The van der Waals surface area contributed by atoms with Crippen molar-refractivity contribution in [2.24, 2.45) is 5.92 Å². The molecule has 0 spiro atoms. The van der Waals surface area contributed by atoms with Crippen molar-refractivity contribution in [2.75, 3.05) is 6.54 Å². The normalized spacial score (nSPS) is 30.9. The minimum Gasteiger partial charge on any atom is -0.342 e. The van der Waals surface area contributed by atoms with Crippen LogP contribution in [0.25, 0.3) is 0 Å². The first-order chi connectivity index (χ1) is 8.49. The van der Waals surface area contributed by atoms with Crippen molar-refractivity contribution in [3.8, 4) is 0 Å². The highest BCUT2D eigenvalue weighted by atomic mass is 16.2. The lowest BCUT2D eigenvalue weighted by atomic mass is 9.93. The number of hydrogen-bond donors (Lipinski definition) is 1. The molecule has 0 aromatic carbocycles. The largest absolute Gasteiger partial charge is 0.342 e. The smallest absolute Gasteiger partial charge is 0.248 e. The van der Waals surface area contributed by atoms with E-state index in [-0.39, 0.29) is 17.9 Å². The molecule has 1 aliphatic heterocycles. The Morgan fingerprint density at radius 3 is 2.67 bits per heavy atom. The molecule has 2 unspecified atom stereocenters. The van der Waals surface area contributed by atoms with E-state index in [9.17, 15) is 9.59 Å². The summed E-state index contributed by atoms with van der Waals surface area (Å²) in [4.78, 5) is 26.5. The molecule has 2 rings (SSSR count). The number of nitrogens with one attached hydrogen (secondary N) is 1. The van der Waals surface area contributed by atoms with Crippen molar-refractivity contribution in [1.82, 2.24) is 10.2 Å². The Kier molecular flexibility index (Phi) is 3.64. The summed E-state index contributed by atoms with van der Waals surface area (Å²) in [7, 11) is 0. The van der Waals surface area contributed by atoms with Crippen molar-refractivity contribution in [2.45, 2.75) is 64.5 Å². The lowest BCUT2D eigenvalue weighted by Crippen LogP contribution is -2.58. The molecule has 0 bridgehead atoms. The fourth-order valence-electron chi connectivity index (χ4n) is 2.96. The molecule has 18 heavy (non-hydrogen) atoms. The molecule has 1 heterocycles. The predicted octanol–water partition coefficient (Wildman–Crippen LogP) is 1.69. The van der Waals surface area contributed by atoms with Crippen LogP contribution in [0.1, 0.15) is 52.9 Å². The second-order valence-electron chi connectivity index (χ2n) is 5.91. The third-order valence-electron chi connectivity index (χ3n) is 4.32. The zero-order valence-electron chi connectivity index (χ0n) is 11.7. The standard InChI is InChI=1S/C14H24N2O2/c1-4-5-10(2)16-9-8-12(17)15-14(3,13(16)18)11-6-7-11/h10-11H,4-9H2,1-3H3,(H,15,17). The fourth-order valence-corrected chi connectivity index (χ4v) is 2.96. The van der Waals surface area contributed by atoms with Gasteiger partial charge in [0.05, 0.1) is 0 Å². The van der Waals surface area contributed by atoms with Crippen LogP contribution < -0.4 is 5.32 Å². The van der Waals surface area contributed by atoms with E-state index in [2.05, 4.69) is 19.2 Å². The van der Waals surface area contributed by atoms with E-state index in [4.69, 9.17) is 0 Å². The minimum absolute atomic E-state index is 0.0175. The molecule has 2 amide bonds. The van der Waals surface area contributed by atoms with E-state index >= 15 is 0 Å². The van der Waals surface area contributed by atoms with E-state index in [0.29, 0.717) is 18.9 Å². The number of carbonyl (C=O) groups is 2. The second kappa shape index (κ2) is 4.90. The van der Waals surface area contributed by atoms with Crippen molar-refractivity contribution in [1.29, 1.82) is 0 Å². The van der Waals surface area contributed by atoms with Gasteiger partial charge in [0.15, 0.2) is 0 Å². The van der Waals surface area contributed by atoms with Crippen molar-refractivity contribution in [3.05, 3.63) is 0 Å². The summed E-state index contributed by atoms with van der Waals surface area (Å²) in [5, 5.41) is 2.96. The Balaban J connectivity index is 2.20. The zero-order valence-corrected chi connectivity index (χ0v) is 11.7. The molecular weight excluding hydrogens is 228 g/mol. The van der Waals surface area contributed by atoms with Crippen molar-refractivity contribution < 1.29 is 9.59 Å². The van der Waals surface area contributed by atoms with E-state index in [1.165, 1.54) is 0 Å². The Labute approximate surface area is 109 Å². The first kappa shape index (κ1) is 13.4. The third kappa shape index (κ3) is 2.38. The second-order valence-corrected chi connectivity index (χ2v) is 5.91. The van der Waals surface area contributed by atoms with Gasteiger partial charge in [0.1, 0.15) is 5.54 Å². The summed E-state index contributed by atoms with van der Waals surface area (Å²) in [6.45, 7) is 6.68. The van der Waals surface area contributed by atoms with E-state index in [0.717, 1.165) is 25.7 Å². The molecule has 0 radical (unpaired) electrons. The average molecular weight is 252 g/mol. The molecule has 102 valence electrons. The van der Waals surface area contributed by atoms with Gasteiger partial charge < -0.3 is 10.2 Å². The van der Waals surface area contributed by atoms with Crippen LogP contribution in [0.3, 0.4) is 0 Å². The number of carbonyl (C=O) groups excluding carboxylic acids is 2.